The highest BCUT2D eigenvalue weighted by Crippen LogP contribution is 2.25. The van der Waals surface area contributed by atoms with Crippen LogP contribution < -0.4 is 5.23 Å². The number of nitrogens with zero attached hydrogens (tertiary/aromatic N) is 2. The highest BCUT2D eigenvalue weighted by molar-refractivity contribution is 6.04. The summed E-state index contributed by atoms with van der Waals surface area (Å²) in [6.45, 7) is 6.40. The molecule has 0 aliphatic heterocycles. The first-order valence-corrected chi connectivity index (χ1v) is 8.35. The van der Waals surface area contributed by atoms with Crippen molar-refractivity contribution in [1.82, 2.24) is 14.8 Å². The topological polar surface area (TPSA) is 70.3 Å². The standard InChI is InChI=1S/C18H26BN3O2/c1-4-22-12-16(20-17(22)18(2,3)24)14-7-5-13(6-8-14)11-15(21-19)9-10-23/h5-8,12,15,21,23-24H,4,9-11H2,1-3H3. The lowest BCUT2D eigenvalue weighted by Gasteiger charge is -2.17. The smallest absolute Gasteiger partial charge is 0.178 e. The monoisotopic (exact) mass is 327 g/mol. The number of aromatic nitrogens is 2. The van der Waals surface area contributed by atoms with E-state index in [0.717, 1.165) is 29.8 Å². The van der Waals surface area contributed by atoms with Crippen molar-refractivity contribution in [3.63, 3.8) is 0 Å². The van der Waals surface area contributed by atoms with Crippen LogP contribution in [0.1, 0.15) is 38.6 Å². The predicted octanol–water partition coefficient (Wildman–Crippen LogP) is 1.76. The van der Waals surface area contributed by atoms with Crippen molar-refractivity contribution in [2.45, 2.75) is 51.8 Å². The van der Waals surface area contributed by atoms with Crippen molar-refractivity contribution in [2.24, 2.45) is 0 Å². The molecule has 0 saturated carbocycles. The van der Waals surface area contributed by atoms with Gasteiger partial charge in [-0.2, -0.15) is 0 Å². The van der Waals surface area contributed by atoms with Crippen LogP contribution in [0.25, 0.3) is 11.3 Å². The zero-order valence-electron chi connectivity index (χ0n) is 14.7. The highest BCUT2D eigenvalue weighted by Gasteiger charge is 2.23. The Morgan fingerprint density at radius 2 is 1.96 bits per heavy atom. The molecule has 1 aromatic carbocycles. The average Bonchev–Trinajstić information content (AvgIpc) is 3.00. The van der Waals surface area contributed by atoms with Crippen LogP contribution >= 0.6 is 0 Å². The van der Waals surface area contributed by atoms with Crippen molar-refractivity contribution in [3.8, 4) is 11.3 Å². The molecule has 1 heterocycles. The van der Waals surface area contributed by atoms with Crippen molar-refractivity contribution in [1.29, 1.82) is 0 Å². The minimum atomic E-state index is -0.974. The third-order valence-corrected chi connectivity index (χ3v) is 4.11. The number of nitrogens with one attached hydrogen (secondary N) is 1. The molecule has 0 bridgehead atoms. The van der Waals surface area contributed by atoms with Gasteiger partial charge in [0.25, 0.3) is 0 Å². The summed E-state index contributed by atoms with van der Waals surface area (Å²) in [6.07, 6.45) is 3.35. The fourth-order valence-electron chi connectivity index (χ4n) is 2.78. The van der Waals surface area contributed by atoms with Crippen LogP contribution in [0.5, 0.6) is 0 Å². The number of hydrogen-bond acceptors (Lipinski definition) is 4. The summed E-state index contributed by atoms with van der Waals surface area (Å²) in [7, 11) is 5.51. The van der Waals surface area contributed by atoms with E-state index in [4.69, 9.17) is 13.1 Å². The van der Waals surface area contributed by atoms with Gasteiger partial charge >= 0.3 is 0 Å². The third-order valence-electron chi connectivity index (χ3n) is 4.11. The molecule has 2 aromatic rings. The summed E-state index contributed by atoms with van der Waals surface area (Å²) in [5, 5.41) is 22.0. The maximum Gasteiger partial charge on any atom is 0.178 e. The minimum absolute atomic E-state index is 0.0574. The molecule has 3 N–H and O–H groups in total. The molecule has 6 heteroatoms. The number of rotatable bonds is 8. The highest BCUT2D eigenvalue weighted by atomic mass is 16.3. The van der Waals surface area contributed by atoms with E-state index in [1.54, 1.807) is 13.8 Å². The first-order chi connectivity index (χ1) is 11.4. The number of aliphatic hydroxyl groups excluding tert-OH is 1. The van der Waals surface area contributed by atoms with Gasteiger partial charge in [-0.3, -0.25) is 0 Å². The lowest BCUT2D eigenvalue weighted by atomic mass is 10.0. The number of aliphatic hydroxyl groups is 2. The molecule has 2 radical (unpaired) electrons. The Bertz CT molecular complexity index is 647. The van der Waals surface area contributed by atoms with Gasteiger partial charge in [0.2, 0.25) is 0 Å². The normalized spacial score (nSPS) is 13.2. The van der Waals surface area contributed by atoms with E-state index < -0.39 is 5.60 Å². The lowest BCUT2D eigenvalue weighted by molar-refractivity contribution is 0.0650. The maximum absolute atomic E-state index is 10.3. The van der Waals surface area contributed by atoms with E-state index in [2.05, 4.69) is 10.2 Å². The Morgan fingerprint density at radius 1 is 1.29 bits per heavy atom. The zero-order chi connectivity index (χ0) is 17.7. The molecular formula is C18H26BN3O2. The van der Waals surface area contributed by atoms with Gasteiger partial charge < -0.3 is 20.0 Å². The summed E-state index contributed by atoms with van der Waals surface area (Å²) in [5.41, 5.74) is 2.03. The molecule has 2 rings (SSSR count). The molecule has 128 valence electrons. The number of imidazole rings is 1. The van der Waals surface area contributed by atoms with Crippen LogP contribution in [0.3, 0.4) is 0 Å². The molecule has 1 atom stereocenters. The Hall–Kier alpha value is -1.63. The average molecular weight is 327 g/mol. The van der Waals surface area contributed by atoms with E-state index in [9.17, 15) is 5.11 Å². The quantitative estimate of drug-likeness (QED) is 0.646. The predicted molar refractivity (Wildman–Crippen MR) is 96.7 cm³/mol. The van der Waals surface area contributed by atoms with Gasteiger partial charge in [0, 0.05) is 31.0 Å². The minimum Gasteiger partial charge on any atom is -0.396 e. The molecule has 0 aliphatic rings. The zero-order valence-corrected chi connectivity index (χ0v) is 14.7. The number of benzene rings is 1. The molecular weight excluding hydrogens is 301 g/mol. The summed E-state index contributed by atoms with van der Waals surface area (Å²) in [4.78, 5) is 4.61. The summed E-state index contributed by atoms with van der Waals surface area (Å²) >= 11 is 0. The van der Waals surface area contributed by atoms with E-state index in [-0.39, 0.29) is 12.6 Å². The van der Waals surface area contributed by atoms with Gasteiger partial charge in [-0.05, 0) is 39.2 Å². The van der Waals surface area contributed by atoms with Gasteiger partial charge in [-0.15, -0.1) is 0 Å². The van der Waals surface area contributed by atoms with Crippen LogP contribution in [0, 0.1) is 0 Å². The summed E-state index contributed by atoms with van der Waals surface area (Å²) < 4.78 is 1.97. The van der Waals surface area contributed by atoms with Crippen LogP contribution in [0.4, 0.5) is 0 Å². The van der Waals surface area contributed by atoms with E-state index in [1.165, 1.54) is 0 Å². The van der Waals surface area contributed by atoms with Crippen LogP contribution in [-0.2, 0) is 18.6 Å². The van der Waals surface area contributed by atoms with Crippen LogP contribution in [0.15, 0.2) is 30.5 Å². The molecule has 0 saturated heterocycles. The number of hydrogen-bond donors (Lipinski definition) is 3. The Morgan fingerprint density at radius 3 is 2.42 bits per heavy atom. The van der Waals surface area contributed by atoms with Crippen LogP contribution in [0.2, 0.25) is 0 Å². The van der Waals surface area contributed by atoms with Crippen molar-refractivity contribution < 1.29 is 10.2 Å². The van der Waals surface area contributed by atoms with Crippen LogP contribution in [-0.4, -0.2) is 40.4 Å². The third kappa shape index (κ3) is 4.47. The second kappa shape index (κ2) is 7.97. The van der Waals surface area contributed by atoms with Crippen molar-refractivity contribution in [3.05, 3.63) is 41.9 Å². The fraction of sp³-hybridized carbons (Fsp3) is 0.500. The van der Waals surface area contributed by atoms with Gasteiger partial charge in [0.05, 0.1) is 5.69 Å². The first-order valence-electron chi connectivity index (χ1n) is 8.35. The molecule has 1 aromatic heterocycles. The summed E-state index contributed by atoms with van der Waals surface area (Å²) in [5.74, 6) is 0.666. The van der Waals surface area contributed by atoms with Gasteiger partial charge in [-0.1, -0.05) is 24.3 Å². The number of aryl methyl sites for hydroxylation is 1. The van der Waals surface area contributed by atoms with Gasteiger partial charge in [0.15, 0.2) is 7.98 Å². The Kier molecular flexibility index (Phi) is 6.21. The SMILES string of the molecule is [B]NC(CCO)Cc1ccc(-c2cn(CC)c(C(C)(C)O)n2)cc1. The fourth-order valence-corrected chi connectivity index (χ4v) is 2.78. The Labute approximate surface area is 145 Å². The molecule has 24 heavy (non-hydrogen) atoms. The second-order valence-electron chi connectivity index (χ2n) is 6.57. The molecule has 0 amide bonds. The van der Waals surface area contributed by atoms with Crippen molar-refractivity contribution >= 4 is 7.98 Å². The molecule has 5 nitrogen and oxygen atoms in total. The van der Waals surface area contributed by atoms with Crippen molar-refractivity contribution in [2.75, 3.05) is 6.61 Å². The maximum atomic E-state index is 10.3. The second-order valence-corrected chi connectivity index (χ2v) is 6.57. The van der Waals surface area contributed by atoms with E-state index in [0.29, 0.717) is 12.2 Å². The van der Waals surface area contributed by atoms with Gasteiger partial charge in [-0.25, -0.2) is 4.98 Å². The van der Waals surface area contributed by atoms with E-state index >= 15 is 0 Å². The molecule has 0 aliphatic carbocycles. The largest absolute Gasteiger partial charge is 0.396 e. The Balaban J connectivity index is 2.20. The van der Waals surface area contributed by atoms with E-state index in [1.807, 2.05) is 42.0 Å². The molecule has 0 fully saturated rings. The van der Waals surface area contributed by atoms with Gasteiger partial charge in [0.1, 0.15) is 11.4 Å². The first kappa shape index (κ1) is 18.7. The lowest BCUT2D eigenvalue weighted by Crippen LogP contribution is -2.29. The molecule has 1 unspecified atom stereocenters. The summed E-state index contributed by atoms with van der Waals surface area (Å²) in [6, 6.07) is 8.20. The molecule has 0 spiro atoms.